The van der Waals surface area contributed by atoms with Gasteiger partial charge in [0.1, 0.15) is 0 Å². The van der Waals surface area contributed by atoms with Crippen LogP contribution in [0.15, 0.2) is 30.3 Å². The summed E-state index contributed by atoms with van der Waals surface area (Å²) < 4.78 is 0. The highest BCUT2D eigenvalue weighted by Gasteiger charge is 2.26. The first-order chi connectivity index (χ1) is 9.56. The maximum Gasteiger partial charge on any atom is 0.216 e. The van der Waals surface area contributed by atoms with Gasteiger partial charge in [0.25, 0.3) is 0 Å². The topological polar surface area (TPSA) is 112 Å². The van der Waals surface area contributed by atoms with E-state index in [2.05, 4.69) is 0 Å². The second-order valence-corrected chi connectivity index (χ2v) is 4.92. The van der Waals surface area contributed by atoms with Crippen molar-refractivity contribution in [3.05, 3.63) is 35.9 Å². The number of rotatable bonds is 9. The molecular weight excluding hydrogens is 254 g/mol. The van der Waals surface area contributed by atoms with Crippen LogP contribution in [0.5, 0.6) is 0 Å². The zero-order valence-electron chi connectivity index (χ0n) is 11.6. The molecule has 1 rings (SSSR count). The van der Waals surface area contributed by atoms with Crippen LogP contribution in [0.2, 0.25) is 0 Å². The zero-order valence-corrected chi connectivity index (χ0v) is 11.6. The Balaban J connectivity index is 2.49. The summed E-state index contributed by atoms with van der Waals surface area (Å²) in [5.41, 5.74) is 17.8. The van der Waals surface area contributed by atoms with Crippen LogP contribution in [-0.2, 0) is 16.0 Å². The molecule has 0 saturated carbocycles. The molecule has 6 N–H and O–H groups in total. The fraction of sp³-hybridized carbons (Fsp3) is 0.467. The maximum atomic E-state index is 11.9. The van der Waals surface area contributed by atoms with Crippen molar-refractivity contribution in [3.63, 3.8) is 0 Å². The van der Waals surface area contributed by atoms with Crippen molar-refractivity contribution < 1.29 is 9.59 Å². The van der Waals surface area contributed by atoms with Crippen molar-refractivity contribution in [3.8, 4) is 0 Å². The van der Waals surface area contributed by atoms with Crippen LogP contribution in [-0.4, -0.2) is 30.2 Å². The molecule has 5 nitrogen and oxygen atoms in total. The Bertz CT molecular complexity index is 434. The fourth-order valence-corrected chi connectivity index (χ4v) is 1.97. The van der Waals surface area contributed by atoms with E-state index in [-0.39, 0.29) is 0 Å². The van der Waals surface area contributed by atoms with Gasteiger partial charge in [-0.05, 0) is 31.4 Å². The SMILES string of the molecule is NCCCC[C@H](N)C(=O)C(=O)[C@@H](N)Cc1ccccc1. The Morgan fingerprint density at radius 2 is 1.55 bits per heavy atom. The van der Waals surface area contributed by atoms with Crippen LogP contribution in [0.25, 0.3) is 0 Å². The summed E-state index contributed by atoms with van der Waals surface area (Å²) in [6.45, 7) is 0.558. The Hall–Kier alpha value is -1.56. The van der Waals surface area contributed by atoms with Gasteiger partial charge in [-0.25, -0.2) is 0 Å². The van der Waals surface area contributed by atoms with Gasteiger partial charge in [-0.3, -0.25) is 9.59 Å². The molecule has 0 aliphatic rings. The summed E-state index contributed by atoms with van der Waals surface area (Å²) in [6, 6.07) is 7.77. The minimum Gasteiger partial charge on any atom is -0.330 e. The number of carbonyl (C=O) groups is 2. The van der Waals surface area contributed by atoms with Gasteiger partial charge < -0.3 is 17.2 Å². The van der Waals surface area contributed by atoms with Gasteiger partial charge >= 0.3 is 0 Å². The summed E-state index contributed by atoms with van der Waals surface area (Å²) >= 11 is 0. The molecule has 0 heterocycles. The molecule has 0 amide bonds. The average molecular weight is 277 g/mol. The molecule has 110 valence electrons. The Morgan fingerprint density at radius 3 is 2.15 bits per heavy atom. The predicted molar refractivity (Wildman–Crippen MR) is 79.0 cm³/mol. The van der Waals surface area contributed by atoms with Crippen LogP contribution in [0.4, 0.5) is 0 Å². The van der Waals surface area contributed by atoms with Gasteiger partial charge in [0.05, 0.1) is 12.1 Å². The highest BCUT2D eigenvalue weighted by atomic mass is 16.2. The molecule has 2 atom stereocenters. The van der Waals surface area contributed by atoms with Gasteiger partial charge in [-0.1, -0.05) is 36.8 Å². The van der Waals surface area contributed by atoms with Crippen molar-refractivity contribution in [2.75, 3.05) is 6.54 Å². The number of hydrogen-bond acceptors (Lipinski definition) is 5. The van der Waals surface area contributed by atoms with Crippen LogP contribution in [0, 0.1) is 0 Å². The van der Waals surface area contributed by atoms with E-state index in [1.807, 2.05) is 30.3 Å². The lowest BCUT2D eigenvalue weighted by atomic mass is 9.96. The highest BCUT2D eigenvalue weighted by Crippen LogP contribution is 2.05. The smallest absolute Gasteiger partial charge is 0.216 e. The molecule has 20 heavy (non-hydrogen) atoms. The lowest BCUT2D eigenvalue weighted by Crippen LogP contribution is -2.45. The highest BCUT2D eigenvalue weighted by molar-refractivity contribution is 6.40. The number of benzene rings is 1. The second kappa shape index (κ2) is 8.58. The van der Waals surface area contributed by atoms with Crippen LogP contribution in [0.1, 0.15) is 24.8 Å². The quantitative estimate of drug-likeness (QED) is 0.439. The lowest BCUT2D eigenvalue weighted by Gasteiger charge is -2.13. The number of hydrogen-bond donors (Lipinski definition) is 3. The predicted octanol–water partition coefficient (Wildman–Crippen LogP) is 0.151. The first-order valence-electron chi connectivity index (χ1n) is 6.89. The molecule has 0 aliphatic heterocycles. The third kappa shape index (κ3) is 5.21. The number of nitrogens with two attached hydrogens (primary N) is 3. The van der Waals surface area contributed by atoms with Crippen molar-refractivity contribution in [2.45, 2.75) is 37.8 Å². The Morgan fingerprint density at radius 1 is 0.950 bits per heavy atom. The third-order valence-electron chi connectivity index (χ3n) is 3.18. The van der Waals surface area contributed by atoms with Crippen LogP contribution >= 0.6 is 0 Å². The molecule has 0 bridgehead atoms. The summed E-state index contributed by atoms with van der Waals surface area (Å²) in [5, 5.41) is 0. The number of unbranched alkanes of at least 4 members (excludes halogenated alkanes) is 1. The van der Waals surface area contributed by atoms with E-state index in [9.17, 15) is 9.59 Å². The van der Waals surface area contributed by atoms with E-state index < -0.39 is 23.7 Å². The molecule has 0 aromatic heterocycles. The van der Waals surface area contributed by atoms with Gasteiger partial charge in [0, 0.05) is 0 Å². The molecule has 0 saturated heterocycles. The minimum absolute atomic E-state index is 0.348. The monoisotopic (exact) mass is 277 g/mol. The molecule has 5 heteroatoms. The molecule has 1 aromatic carbocycles. The van der Waals surface area contributed by atoms with E-state index in [0.717, 1.165) is 18.4 Å². The van der Waals surface area contributed by atoms with E-state index >= 15 is 0 Å². The van der Waals surface area contributed by atoms with Crippen molar-refractivity contribution in [1.82, 2.24) is 0 Å². The molecular formula is C15H23N3O2. The van der Waals surface area contributed by atoms with E-state index in [0.29, 0.717) is 19.4 Å². The Labute approximate surface area is 119 Å². The summed E-state index contributed by atoms with van der Waals surface area (Å²) in [7, 11) is 0. The first kappa shape index (κ1) is 16.5. The van der Waals surface area contributed by atoms with Crippen molar-refractivity contribution >= 4 is 11.6 Å². The number of carbonyl (C=O) groups excluding carboxylic acids is 2. The number of ketones is 2. The molecule has 0 aliphatic carbocycles. The number of Topliss-reactive ketones (excluding diaryl/α,β-unsaturated/α-hetero) is 2. The van der Waals surface area contributed by atoms with Gasteiger partial charge in [-0.2, -0.15) is 0 Å². The molecule has 1 aromatic rings. The van der Waals surface area contributed by atoms with E-state index in [1.165, 1.54) is 0 Å². The van der Waals surface area contributed by atoms with E-state index in [4.69, 9.17) is 17.2 Å². The summed E-state index contributed by atoms with van der Waals surface area (Å²) in [6.07, 6.45) is 2.36. The van der Waals surface area contributed by atoms with Gasteiger partial charge in [-0.15, -0.1) is 0 Å². The standard InChI is InChI=1S/C15H23N3O2/c16-9-5-4-8-12(17)14(19)15(20)13(18)10-11-6-2-1-3-7-11/h1-3,6-7,12-13H,4-5,8-10,16-18H2/t12-,13-/m0/s1. The average Bonchev–Trinajstić information content (AvgIpc) is 2.46. The third-order valence-corrected chi connectivity index (χ3v) is 3.18. The maximum absolute atomic E-state index is 11.9. The molecule has 0 unspecified atom stereocenters. The van der Waals surface area contributed by atoms with Gasteiger partial charge in [0.2, 0.25) is 11.6 Å². The fourth-order valence-electron chi connectivity index (χ4n) is 1.97. The normalized spacial score (nSPS) is 13.8. The summed E-state index contributed by atoms with van der Waals surface area (Å²) in [4.78, 5) is 23.8. The zero-order chi connectivity index (χ0) is 15.0. The Kier molecular flexibility index (Phi) is 7.08. The lowest BCUT2D eigenvalue weighted by molar-refractivity contribution is -0.138. The van der Waals surface area contributed by atoms with Crippen LogP contribution in [0.3, 0.4) is 0 Å². The second-order valence-electron chi connectivity index (χ2n) is 4.92. The molecule has 0 radical (unpaired) electrons. The van der Waals surface area contributed by atoms with Crippen LogP contribution < -0.4 is 17.2 Å². The minimum atomic E-state index is -0.828. The van der Waals surface area contributed by atoms with Crippen molar-refractivity contribution in [2.24, 2.45) is 17.2 Å². The largest absolute Gasteiger partial charge is 0.330 e. The van der Waals surface area contributed by atoms with E-state index in [1.54, 1.807) is 0 Å². The van der Waals surface area contributed by atoms with Crippen molar-refractivity contribution in [1.29, 1.82) is 0 Å². The first-order valence-corrected chi connectivity index (χ1v) is 6.89. The summed E-state index contributed by atoms with van der Waals surface area (Å²) in [5.74, 6) is -1.17. The van der Waals surface area contributed by atoms with Gasteiger partial charge in [0.15, 0.2) is 0 Å². The molecule has 0 spiro atoms. The molecule has 0 fully saturated rings.